The average molecular weight is 348 g/mol. The lowest BCUT2D eigenvalue weighted by Crippen LogP contribution is -2.06. The number of aryl methyl sites for hydroxylation is 1. The quantitative estimate of drug-likeness (QED) is 0.708. The molecule has 0 saturated carbocycles. The van der Waals surface area contributed by atoms with E-state index in [1.165, 1.54) is 43.9 Å². The van der Waals surface area contributed by atoms with Crippen molar-refractivity contribution in [3.05, 3.63) is 60.2 Å². The Labute approximate surface area is 144 Å². The number of unbranched alkanes of at least 4 members (excludes halogenated alkanes) is 1. The van der Waals surface area contributed by atoms with Gasteiger partial charge in [-0.05, 0) is 30.5 Å². The molecule has 24 heavy (non-hydrogen) atoms. The maximum absolute atomic E-state index is 11.5. The summed E-state index contributed by atoms with van der Waals surface area (Å²) in [5, 5.41) is 0. The van der Waals surface area contributed by atoms with Gasteiger partial charge in [0.05, 0.1) is 5.75 Å². The van der Waals surface area contributed by atoms with Crippen molar-refractivity contribution in [2.45, 2.75) is 38.0 Å². The number of hydrogen-bond acceptors (Lipinski definition) is 4. The highest BCUT2D eigenvalue weighted by atomic mass is 32.2. The minimum Gasteiger partial charge on any atom is -0.427 e. The third-order valence-electron chi connectivity index (χ3n) is 3.40. The number of sulfone groups is 1. The van der Waals surface area contributed by atoms with Crippen molar-refractivity contribution in [2.75, 3.05) is 5.75 Å². The van der Waals surface area contributed by atoms with E-state index in [2.05, 4.69) is 42.0 Å². The van der Waals surface area contributed by atoms with Crippen molar-refractivity contribution in [1.29, 1.82) is 0 Å². The minimum atomic E-state index is -3.33. The van der Waals surface area contributed by atoms with Crippen LogP contribution in [0.25, 0.3) is 0 Å². The smallest absolute Gasteiger partial charge is 0.298 e. The lowest BCUT2D eigenvalue weighted by Gasteiger charge is -2.05. The first kappa shape index (κ1) is 19.9. The van der Waals surface area contributed by atoms with Gasteiger partial charge in [-0.25, -0.2) is 8.42 Å². The van der Waals surface area contributed by atoms with Crippen LogP contribution in [0.2, 0.25) is 0 Å². The van der Waals surface area contributed by atoms with Crippen LogP contribution < -0.4 is 4.74 Å². The van der Waals surface area contributed by atoms with E-state index in [-0.39, 0.29) is 22.9 Å². The second kappa shape index (κ2) is 10.6. The Morgan fingerprint density at radius 3 is 2.17 bits per heavy atom. The molecular formula is C19H24O4S. The molecule has 0 aliphatic rings. The van der Waals surface area contributed by atoms with Crippen molar-refractivity contribution in [2.24, 2.45) is 0 Å². The summed E-state index contributed by atoms with van der Waals surface area (Å²) in [6.07, 6.45) is 3.83. The summed E-state index contributed by atoms with van der Waals surface area (Å²) in [5.41, 5.74) is 1.46. The highest BCUT2D eigenvalue weighted by molar-refractivity contribution is 7.91. The zero-order chi connectivity index (χ0) is 17.8. The molecule has 0 spiro atoms. The first-order valence-corrected chi connectivity index (χ1v) is 9.66. The van der Waals surface area contributed by atoms with Crippen LogP contribution in [-0.4, -0.2) is 20.6 Å². The van der Waals surface area contributed by atoms with Crippen LogP contribution in [-0.2, 0) is 21.1 Å². The molecule has 2 rings (SSSR count). The van der Waals surface area contributed by atoms with Crippen LogP contribution in [0, 0.1) is 0 Å². The van der Waals surface area contributed by atoms with E-state index in [1.807, 2.05) is 0 Å². The van der Waals surface area contributed by atoms with Crippen LogP contribution >= 0.6 is 0 Å². The zero-order valence-corrected chi connectivity index (χ0v) is 15.0. The summed E-state index contributed by atoms with van der Waals surface area (Å²) in [6.45, 7) is 3.97. The van der Waals surface area contributed by atoms with Crippen molar-refractivity contribution >= 4 is 16.3 Å². The molecule has 0 amide bonds. The molecule has 0 aliphatic carbocycles. The molecule has 0 unspecified atom stereocenters. The Morgan fingerprint density at radius 1 is 0.958 bits per heavy atom. The van der Waals surface area contributed by atoms with E-state index in [0.29, 0.717) is 0 Å². The van der Waals surface area contributed by atoms with Crippen molar-refractivity contribution < 1.29 is 17.9 Å². The van der Waals surface area contributed by atoms with E-state index in [9.17, 15) is 13.2 Å². The molecule has 0 atom stereocenters. The Kier molecular flexibility index (Phi) is 8.79. The highest BCUT2D eigenvalue weighted by Crippen LogP contribution is 2.23. The summed E-state index contributed by atoms with van der Waals surface area (Å²) in [4.78, 5) is 10.2. The van der Waals surface area contributed by atoms with Crippen molar-refractivity contribution in [1.82, 2.24) is 0 Å². The first-order chi connectivity index (χ1) is 11.5. The first-order valence-electron chi connectivity index (χ1n) is 8.01. The number of ether oxygens (including phenoxy) is 1. The molecule has 5 heteroatoms. The SMILES string of the molecule is CCCCc1ccccc1.CCS(=O)(=O)c1ccccc1OC=O. The monoisotopic (exact) mass is 348 g/mol. The topological polar surface area (TPSA) is 60.4 Å². The van der Waals surface area contributed by atoms with Gasteiger partial charge in [0.2, 0.25) is 0 Å². The molecule has 0 aliphatic heterocycles. The molecule has 0 bridgehead atoms. The van der Waals surface area contributed by atoms with Gasteiger partial charge < -0.3 is 4.74 Å². The van der Waals surface area contributed by atoms with Gasteiger partial charge in [-0.3, -0.25) is 4.79 Å². The zero-order valence-electron chi connectivity index (χ0n) is 14.1. The molecule has 0 aromatic heterocycles. The summed E-state index contributed by atoms with van der Waals surface area (Å²) < 4.78 is 27.6. The summed E-state index contributed by atoms with van der Waals surface area (Å²) in [5.74, 6) is 0.0519. The molecule has 4 nitrogen and oxygen atoms in total. The Bertz CT molecular complexity index is 709. The Balaban J connectivity index is 0.000000254. The number of hydrogen-bond donors (Lipinski definition) is 0. The van der Waals surface area contributed by atoms with Gasteiger partial charge in [0.25, 0.3) is 6.47 Å². The number of benzene rings is 2. The fourth-order valence-corrected chi connectivity index (χ4v) is 3.06. The van der Waals surface area contributed by atoms with E-state index in [0.717, 1.165) is 0 Å². The standard InChI is InChI=1S/C10H14.C9H10O4S/c1-2-3-7-10-8-5-4-6-9-10;1-2-14(11,12)9-6-4-3-5-8(9)13-7-10/h4-6,8-9H,2-3,7H2,1H3;3-7H,2H2,1H3. The third-order valence-corrected chi connectivity index (χ3v) is 5.17. The fourth-order valence-electron chi connectivity index (χ4n) is 2.04. The largest absolute Gasteiger partial charge is 0.427 e. The maximum atomic E-state index is 11.5. The highest BCUT2D eigenvalue weighted by Gasteiger charge is 2.16. The predicted molar refractivity (Wildman–Crippen MR) is 95.9 cm³/mol. The van der Waals surface area contributed by atoms with E-state index in [4.69, 9.17) is 0 Å². The summed E-state index contributed by atoms with van der Waals surface area (Å²) >= 11 is 0. The molecule has 0 heterocycles. The van der Waals surface area contributed by atoms with Gasteiger partial charge in [0, 0.05) is 0 Å². The van der Waals surface area contributed by atoms with Gasteiger partial charge in [0.1, 0.15) is 10.6 Å². The number of para-hydroxylation sites is 1. The van der Waals surface area contributed by atoms with Crippen LogP contribution in [0.1, 0.15) is 32.3 Å². The van der Waals surface area contributed by atoms with Crippen molar-refractivity contribution in [3.8, 4) is 5.75 Å². The Morgan fingerprint density at radius 2 is 1.58 bits per heavy atom. The van der Waals surface area contributed by atoms with Crippen LogP contribution in [0.5, 0.6) is 5.75 Å². The summed E-state index contributed by atoms with van der Waals surface area (Å²) in [6, 6.07) is 16.7. The second-order valence-corrected chi connectivity index (χ2v) is 7.40. The molecule has 2 aromatic rings. The molecular weight excluding hydrogens is 324 g/mol. The van der Waals surface area contributed by atoms with E-state index in [1.54, 1.807) is 12.1 Å². The average Bonchev–Trinajstić information content (AvgIpc) is 2.62. The normalized spacial score (nSPS) is 10.4. The van der Waals surface area contributed by atoms with Crippen molar-refractivity contribution in [3.63, 3.8) is 0 Å². The maximum Gasteiger partial charge on any atom is 0.298 e. The predicted octanol–water partition coefficient (Wildman–Crippen LogP) is 4.04. The second-order valence-electron chi connectivity index (χ2n) is 5.15. The van der Waals surface area contributed by atoms with Crippen LogP contribution in [0.15, 0.2) is 59.5 Å². The third kappa shape index (κ3) is 6.54. The molecule has 130 valence electrons. The van der Waals surface area contributed by atoms with Crippen LogP contribution in [0.3, 0.4) is 0 Å². The molecule has 0 radical (unpaired) electrons. The summed E-state index contributed by atoms with van der Waals surface area (Å²) in [7, 11) is -3.33. The lowest BCUT2D eigenvalue weighted by molar-refractivity contribution is -0.120. The molecule has 0 saturated heterocycles. The minimum absolute atomic E-state index is 0.0216. The Hall–Kier alpha value is -2.14. The van der Waals surface area contributed by atoms with E-state index >= 15 is 0 Å². The van der Waals surface area contributed by atoms with Gasteiger partial charge in [-0.15, -0.1) is 0 Å². The molecule has 0 fully saturated rings. The van der Waals surface area contributed by atoms with E-state index < -0.39 is 9.84 Å². The van der Waals surface area contributed by atoms with Crippen LogP contribution in [0.4, 0.5) is 0 Å². The molecule has 2 aromatic carbocycles. The number of carbonyl (C=O) groups excluding carboxylic acids is 1. The number of rotatable bonds is 7. The lowest BCUT2D eigenvalue weighted by atomic mass is 10.1. The van der Waals surface area contributed by atoms with Gasteiger partial charge in [-0.1, -0.05) is 62.7 Å². The van der Waals surface area contributed by atoms with Gasteiger partial charge in [-0.2, -0.15) is 0 Å². The molecule has 0 N–H and O–H groups in total. The number of carbonyl (C=O) groups is 1. The van der Waals surface area contributed by atoms with Gasteiger partial charge >= 0.3 is 0 Å². The fraction of sp³-hybridized carbons (Fsp3) is 0.316. The van der Waals surface area contributed by atoms with Gasteiger partial charge in [0.15, 0.2) is 9.84 Å².